The summed E-state index contributed by atoms with van der Waals surface area (Å²) in [6, 6.07) is 16.9. The van der Waals surface area contributed by atoms with E-state index in [4.69, 9.17) is 9.57 Å². The molecule has 5 rings (SSSR count). The van der Waals surface area contributed by atoms with Crippen molar-refractivity contribution in [1.29, 1.82) is 0 Å². The molecule has 0 heterocycles. The van der Waals surface area contributed by atoms with Crippen LogP contribution in [0.5, 0.6) is 5.75 Å². The van der Waals surface area contributed by atoms with Gasteiger partial charge in [0.2, 0.25) is 0 Å². The van der Waals surface area contributed by atoms with Crippen LogP contribution in [0.4, 0.5) is 0 Å². The number of hydrogen-bond acceptors (Lipinski definition) is 4. The lowest BCUT2D eigenvalue weighted by atomic mass is 9.55. The van der Waals surface area contributed by atoms with Gasteiger partial charge in [0.25, 0.3) is 0 Å². The molecule has 0 aromatic heterocycles. The number of oxime groups is 1. The molecular weight excluding hydrogens is 374 g/mol. The van der Waals surface area contributed by atoms with Gasteiger partial charge in [-0.25, -0.2) is 0 Å². The van der Waals surface area contributed by atoms with Gasteiger partial charge in [0.15, 0.2) is 5.78 Å². The van der Waals surface area contributed by atoms with Crippen LogP contribution in [-0.2, 0) is 22.7 Å². The zero-order valence-electron chi connectivity index (χ0n) is 17.8. The number of benzene rings is 2. The first-order valence-corrected chi connectivity index (χ1v) is 11.0. The lowest BCUT2D eigenvalue weighted by Gasteiger charge is -2.47. The van der Waals surface area contributed by atoms with Gasteiger partial charge in [-0.15, -0.1) is 0 Å². The zero-order valence-corrected chi connectivity index (χ0v) is 17.8. The summed E-state index contributed by atoms with van der Waals surface area (Å²) in [4.78, 5) is 17.9. The Morgan fingerprint density at radius 3 is 2.77 bits per heavy atom. The van der Waals surface area contributed by atoms with Crippen molar-refractivity contribution in [2.45, 2.75) is 51.6 Å². The monoisotopic (exact) mass is 403 g/mol. The van der Waals surface area contributed by atoms with Crippen LogP contribution in [0.15, 0.2) is 53.7 Å². The van der Waals surface area contributed by atoms with E-state index < -0.39 is 0 Å². The van der Waals surface area contributed by atoms with Gasteiger partial charge in [-0.05, 0) is 72.3 Å². The topological polar surface area (TPSA) is 47.9 Å². The van der Waals surface area contributed by atoms with E-state index in [9.17, 15) is 4.79 Å². The Bertz CT molecular complexity index is 983. The number of Topliss-reactive ketones (excluding diaryl/α,β-unsaturated/α-hetero) is 1. The van der Waals surface area contributed by atoms with Crippen LogP contribution in [0.25, 0.3) is 0 Å². The van der Waals surface area contributed by atoms with Crippen LogP contribution in [0, 0.1) is 17.3 Å². The van der Waals surface area contributed by atoms with Gasteiger partial charge < -0.3 is 9.57 Å². The van der Waals surface area contributed by atoms with Crippen LogP contribution in [0.1, 0.15) is 55.2 Å². The molecule has 0 unspecified atom stereocenters. The molecule has 4 heteroatoms. The highest BCUT2D eigenvalue weighted by atomic mass is 16.6. The summed E-state index contributed by atoms with van der Waals surface area (Å²) < 4.78 is 6.06. The van der Waals surface area contributed by atoms with Crippen molar-refractivity contribution < 1.29 is 14.4 Å². The first kappa shape index (κ1) is 19.3. The first-order valence-electron chi connectivity index (χ1n) is 11.0. The summed E-state index contributed by atoms with van der Waals surface area (Å²) in [5.41, 5.74) is 4.43. The molecule has 2 aromatic rings. The molecule has 2 saturated carbocycles. The summed E-state index contributed by atoms with van der Waals surface area (Å²) >= 11 is 0. The van der Waals surface area contributed by atoms with Crippen molar-refractivity contribution in [3.8, 4) is 5.75 Å². The predicted molar refractivity (Wildman–Crippen MR) is 117 cm³/mol. The maximum absolute atomic E-state index is 13.0. The molecule has 0 aliphatic heterocycles. The highest BCUT2D eigenvalue weighted by molar-refractivity contribution is 6.43. The molecule has 3 aliphatic carbocycles. The second-order valence-electron chi connectivity index (χ2n) is 9.26. The maximum atomic E-state index is 13.0. The van der Waals surface area contributed by atoms with E-state index in [0.29, 0.717) is 30.1 Å². The normalized spacial score (nSPS) is 31.1. The molecule has 0 bridgehead atoms. The van der Waals surface area contributed by atoms with Crippen molar-refractivity contribution in [3.05, 3.63) is 65.2 Å². The average molecular weight is 404 g/mol. The SMILES string of the molecule is CO/N=C1\C[C@H]2[C@@H]3CCc4cc(OCc5ccccc5)ccc4[C@H]3CC[C@@]2(C)C1=O. The molecule has 0 radical (unpaired) electrons. The Labute approximate surface area is 178 Å². The third-order valence-corrected chi connectivity index (χ3v) is 7.73. The van der Waals surface area contributed by atoms with Crippen LogP contribution >= 0.6 is 0 Å². The van der Waals surface area contributed by atoms with Crippen molar-refractivity contribution in [3.63, 3.8) is 0 Å². The quantitative estimate of drug-likeness (QED) is 0.651. The van der Waals surface area contributed by atoms with Gasteiger partial charge in [0.05, 0.1) is 0 Å². The van der Waals surface area contributed by atoms with E-state index in [1.165, 1.54) is 23.8 Å². The maximum Gasteiger partial charge on any atom is 0.186 e. The molecule has 4 nitrogen and oxygen atoms in total. The highest BCUT2D eigenvalue weighted by Gasteiger charge is 2.57. The standard InChI is InChI=1S/C26H29NO3/c1-26-13-12-21-20-11-9-19(30-16-17-6-4-3-5-7-17)14-18(20)8-10-22(21)23(26)15-24(25(26)28)27-29-2/h3-7,9,11,14,21-23H,8,10,12-13,15-16H2,1-2H3/b27-24+/t21-,22-,23+,26-/m1/s1. The molecule has 0 saturated heterocycles. The smallest absolute Gasteiger partial charge is 0.186 e. The fourth-order valence-corrected chi connectivity index (χ4v) is 6.19. The lowest BCUT2D eigenvalue weighted by molar-refractivity contribution is -0.125. The second-order valence-corrected chi connectivity index (χ2v) is 9.26. The Morgan fingerprint density at radius 2 is 1.97 bits per heavy atom. The molecule has 0 amide bonds. The second kappa shape index (κ2) is 7.57. The summed E-state index contributed by atoms with van der Waals surface area (Å²) in [5, 5.41) is 4.06. The molecule has 30 heavy (non-hydrogen) atoms. The van der Waals surface area contributed by atoms with Crippen LogP contribution in [0.3, 0.4) is 0 Å². The lowest BCUT2D eigenvalue weighted by Crippen LogP contribution is -2.42. The van der Waals surface area contributed by atoms with Gasteiger partial charge in [0.1, 0.15) is 25.2 Å². The van der Waals surface area contributed by atoms with Gasteiger partial charge in [-0.1, -0.05) is 48.5 Å². The first-order chi connectivity index (χ1) is 14.6. The number of aryl methyl sites for hydroxylation is 1. The third-order valence-electron chi connectivity index (χ3n) is 7.73. The number of hydrogen-bond donors (Lipinski definition) is 0. The molecule has 156 valence electrons. The van der Waals surface area contributed by atoms with E-state index in [-0.39, 0.29) is 11.2 Å². The molecule has 0 N–H and O–H groups in total. The van der Waals surface area contributed by atoms with E-state index in [1.807, 2.05) is 18.2 Å². The van der Waals surface area contributed by atoms with Gasteiger partial charge >= 0.3 is 0 Å². The highest BCUT2D eigenvalue weighted by Crippen LogP contribution is 2.59. The summed E-state index contributed by atoms with van der Waals surface area (Å²) in [7, 11) is 1.53. The number of carbonyl (C=O) groups is 1. The minimum absolute atomic E-state index is 0.211. The van der Waals surface area contributed by atoms with Gasteiger partial charge in [-0.3, -0.25) is 4.79 Å². The van der Waals surface area contributed by atoms with Crippen LogP contribution < -0.4 is 4.74 Å². The largest absolute Gasteiger partial charge is 0.489 e. The molecule has 2 fully saturated rings. The number of ether oxygens (including phenoxy) is 1. The van der Waals surface area contributed by atoms with Crippen molar-refractivity contribution in [1.82, 2.24) is 0 Å². The number of fused-ring (bicyclic) bond motifs is 5. The summed E-state index contributed by atoms with van der Waals surface area (Å²) in [5.74, 6) is 2.61. The van der Waals surface area contributed by atoms with E-state index in [1.54, 1.807) is 0 Å². The van der Waals surface area contributed by atoms with E-state index in [0.717, 1.165) is 37.9 Å². The predicted octanol–water partition coefficient (Wildman–Crippen LogP) is 5.30. The summed E-state index contributed by atoms with van der Waals surface area (Å²) in [6.45, 7) is 2.75. The number of rotatable bonds is 4. The third kappa shape index (κ3) is 3.13. The number of ketones is 1. The Balaban J connectivity index is 1.36. The number of carbonyl (C=O) groups excluding carboxylic acids is 1. The van der Waals surface area contributed by atoms with Crippen molar-refractivity contribution in [2.24, 2.45) is 22.4 Å². The van der Waals surface area contributed by atoms with Crippen LogP contribution in [-0.4, -0.2) is 18.6 Å². The Kier molecular flexibility index (Phi) is 4.88. The zero-order chi connectivity index (χ0) is 20.7. The van der Waals surface area contributed by atoms with Gasteiger partial charge in [0, 0.05) is 11.8 Å². The minimum atomic E-state index is -0.269. The fourth-order valence-electron chi connectivity index (χ4n) is 6.19. The van der Waals surface area contributed by atoms with E-state index >= 15 is 0 Å². The van der Waals surface area contributed by atoms with E-state index in [2.05, 4.69) is 42.4 Å². The molecule has 2 aromatic carbocycles. The van der Waals surface area contributed by atoms with Crippen molar-refractivity contribution in [2.75, 3.05) is 7.11 Å². The molecule has 4 atom stereocenters. The Morgan fingerprint density at radius 1 is 1.13 bits per heavy atom. The average Bonchev–Trinajstić information content (AvgIpc) is 3.03. The van der Waals surface area contributed by atoms with Gasteiger partial charge in [-0.2, -0.15) is 0 Å². The summed E-state index contributed by atoms with van der Waals surface area (Å²) in [6.07, 6.45) is 4.95. The fraction of sp³-hybridized carbons (Fsp3) is 0.462. The molecular formula is C26H29NO3. The van der Waals surface area contributed by atoms with Crippen LogP contribution in [0.2, 0.25) is 0 Å². The number of nitrogens with zero attached hydrogens (tertiary/aromatic N) is 1. The van der Waals surface area contributed by atoms with Crippen molar-refractivity contribution >= 4 is 11.5 Å². The molecule has 3 aliphatic rings. The minimum Gasteiger partial charge on any atom is -0.489 e. The Hall–Kier alpha value is -2.62. The molecule has 0 spiro atoms.